The number of hydrogen-bond donors (Lipinski definition) is 5. The molecule has 4 aromatic rings. The molecule has 0 saturated carbocycles. The second-order valence-corrected chi connectivity index (χ2v) is 11.6. The number of nitrogens with zero attached hydrogens (tertiary/aromatic N) is 3. The van der Waals surface area contributed by atoms with Crippen molar-refractivity contribution in [1.82, 2.24) is 19.9 Å². The van der Waals surface area contributed by atoms with E-state index in [1.165, 1.54) is 4.57 Å². The van der Waals surface area contributed by atoms with Crippen LogP contribution in [0.4, 0.5) is 4.39 Å². The Hall–Kier alpha value is -3.77. The van der Waals surface area contributed by atoms with E-state index in [1.54, 1.807) is 31.5 Å². The first-order valence-corrected chi connectivity index (χ1v) is 15.2. The number of aryl methyl sites for hydroxylation is 1. The summed E-state index contributed by atoms with van der Waals surface area (Å²) in [6.07, 6.45) is 5.66. The molecule has 0 aliphatic heterocycles. The lowest BCUT2D eigenvalue weighted by atomic mass is 10.0. The van der Waals surface area contributed by atoms with Crippen molar-refractivity contribution in [3.63, 3.8) is 0 Å². The summed E-state index contributed by atoms with van der Waals surface area (Å²) in [6.45, 7) is 5.32. The summed E-state index contributed by atoms with van der Waals surface area (Å²) in [5.74, 6) is -0.451. The van der Waals surface area contributed by atoms with Crippen LogP contribution in [0.1, 0.15) is 56.7 Å². The number of hydrogen-bond acceptors (Lipinski definition) is 6. The third-order valence-corrected chi connectivity index (χ3v) is 7.87. The first-order valence-electron chi connectivity index (χ1n) is 14.8. The zero-order valence-corrected chi connectivity index (χ0v) is 26.2. The smallest absolute Gasteiger partial charge is 0.354 e. The van der Waals surface area contributed by atoms with Gasteiger partial charge in [-0.3, -0.25) is 9.56 Å². The number of guanidine groups is 1. The van der Waals surface area contributed by atoms with Gasteiger partial charge >= 0.3 is 5.69 Å². The van der Waals surface area contributed by atoms with E-state index in [2.05, 4.69) is 27.2 Å². The first kappa shape index (κ1) is 33.1. The molecule has 12 heteroatoms. The maximum atomic E-state index is 15.1. The Morgan fingerprint density at radius 3 is 2.59 bits per heavy atom. The van der Waals surface area contributed by atoms with Gasteiger partial charge in [0.25, 0.3) is 0 Å². The van der Waals surface area contributed by atoms with Crippen LogP contribution in [-0.2, 0) is 11.2 Å². The van der Waals surface area contributed by atoms with E-state index in [-0.39, 0.29) is 29.1 Å². The normalized spacial score (nSPS) is 13.6. The number of aromatic nitrogens is 3. The first-order chi connectivity index (χ1) is 21.0. The summed E-state index contributed by atoms with van der Waals surface area (Å²) < 4.78 is 21.7. The van der Waals surface area contributed by atoms with Crippen LogP contribution in [0, 0.1) is 5.82 Å². The number of ether oxygens (including phenoxy) is 1. The highest BCUT2D eigenvalue weighted by Crippen LogP contribution is 2.31. The number of rotatable bonds is 15. The quantitative estimate of drug-likeness (QED) is 0.0956. The van der Waals surface area contributed by atoms with Crippen LogP contribution in [0.5, 0.6) is 0 Å². The van der Waals surface area contributed by atoms with E-state index in [0.29, 0.717) is 41.1 Å². The van der Waals surface area contributed by atoms with Crippen LogP contribution in [-0.4, -0.2) is 52.8 Å². The van der Waals surface area contributed by atoms with Crippen LogP contribution in [0.2, 0.25) is 5.02 Å². The van der Waals surface area contributed by atoms with Gasteiger partial charge in [-0.15, -0.1) is 0 Å². The Bertz CT molecular complexity index is 1630. The molecule has 236 valence electrons. The van der Waals surface area contributed by atoms with Gasteiger partial charge < -0.3 is 32.2 Å². The number of benzene rings is 2. The minimum atomic E-state index is -0.524. The molecule has 0 fully saturated rings. The highest BCUT2D eigenvalue weighted by molar-refractivity contribution is 6.31. The average Bonchev–Trinajstić information content (AvgIpc) is 3.39. The fourth-order valence-corrected chi connectivity index (χ4v) is 5.43. The van der Waals surface area contributed by atoms with Gasteiger partial charge in [0.1, 0.15) is 5.65 Å². The van der Waals surface area contributed by atoms with Crippen molar-refractivity contribution < 1.29 is 9.13 Å². The molecule has 2 aromatic carbocycles. The Labute approximate surface area is 261 Å². The summed E-state index contributed by atoms with van der Waals surface area (Å²) in [5.41, 5.74) is 20.4. The third-order valence-electron chi connectivity index (χ3n) is 7.60. The molecule has 0 spiro atoms. The molecular formula is C32H42ClFN8O2. The van der Waals surface area contributed by atoms with Crippen molar-refractivity contribution in [3.8, 4) is 16.9 Å². The second-order valence-electron chi connectivity index (χ2n) is 11.2. The molecule has 0 radical (unpaired) electrons. The third kappa shape index (κ3) is 8.66. The van der Waals surface area contributed by atoms with E-state index in [9.17, 15) is 4.79 Å². The number of nitrogens with one attached hydrogen (secondary N) is 2. The summed E-state index contributed by atoms with van der Waals surface area (Å²) in [6, 6.07) is 13.1. The molecule has 0 aliphatic rings. The Kier molecular flexibility index (Phi) is 11.5. The van der Waals surface area contributed by atoms with Gasteiger partial charge in [0.2, 0.25) is 0 Å². The van der Waals surface area contributed by atoms with Crippen molar-refractivity contribution in [1.29, 1.82) is 0 Å². The van der Waals surface area contributed by atoms with Crippen molar-refractivity contribution in [2.24, 2.45) is 22.2 Å². The zero-order chi connectivity index (χ0) is 31.8. The van der Waals surface area contributed by atoms with Crippen LogP contribution in [0.25, 0.3) is 28.0 Å². The molecule has 2 heterocycles. The Morgan fingerprint density at radius 1 is 1.16 bits per heavy atom. The number of aliphatic imine (C=N–C) groups is 1. The largest absolute Gasteiger partial charge is 0.385 e. The summed E-state index contributed by atoms with van der Waals surface area (Å²) in [7, 11) is 1.65. The molecule has 44 heavy (non-hydrogen) atoms. The summed E-state index contributed by atoms with van der Waals surface area (Å²) >= 11 is 6.25. The maximum Gasteiger partial charge on any atom is 0.354 e. The van der Waals surface area contributed by atoms with Crippen LogP contribution < -0.4 is 28.2 Å². The fourth-order valence-electron chi connectivity index (χ4n) is 5.18. The van der Waals surface area contributed by atoms with E-state index < -0.39 is 11.5 Å². The molecule has 0 amide bonds. The van der Waals surface area contributed by atoms with Crippen molar-refractivity contribution in [3.05, 3.63) is 81.1 Å². The fraction of sp³-hybridized carbons (Fsp3) is 0.406. The molecule has 4 rings (SSSR count). The van der Waals surface area contributed by atoms with Gasteiger partial charge in [0, 0.05) is 42.9 Å². The monoisotopic (exact) mass is 624 g/mol. The maximum absolute atomic E-state index is 15.1. The lowest BCUT2D eigenvalue weighted by molar-refractivity contribution is 0.186. The van der Waals surface area contributed by atoms with Gasteiger partial charge in [-0.1, -0.05) is 23.7 Å². The number of nitrogens with two attached hydrogens (primary N) is 3. The van der Waals surface area contributed by atoms with E-state index >= 15 is 4.39 Å². The SMILES string of the molecule is COCC[C@H](CCN[C@@H](C)c1ccc(-n2cc3cc(-c4cc(CCC[C@H](C)N)cc(Cl)c4F)[nH]c3nc2=O)cc1)N=C(N)N. The minimum absolute atomic E-state index is 0.0204. The highest BCUT2D eigenvalue weighted by Gasteiger charge is 2.16. The summed E-state index contributed by atoms with van der Waals surface area (Å²) in [4.78, 5) is 24.6. The Morgan fingerprint density at radius 2 is 1.91 bits per heavy atom. The van der Waals surface area contributed by atoms with Gasteiger partial charge in [-0.2, -0.15) is 4.98 Å². The van der Waals surface area contributed by atoms with Gasteiger partial charge in [0.05, 0.1) is 22.4 Å². The van der Waals surface area contributed by atoms with Gasteiger partial charge in [0.15, 0.2) is 11.8 Å². The molecular weight excluding hydrogens is 583 g/mol. The summed E-state index contributed by atoms with van der Waals surface area (Å²) in [5, 5.41) is 4.21. The number of halogens is 2. The second kappa shape index (κ2) is 15.3. The molecule has 0 unspecified atom stereocenters. The van der Waals surface area contributed by atoms with Crippen LogP contribution in [0.15, 0.2) is 58.4 Å². The zero-order valence-electron chi connectivity index (χ0n) is 25.4. The van der Waals surface area contributed by atoms with E-state index in [4.69, 9.17) is 33.5 Å². The Balaban J connectivity index is 1.49. The molecule has 3 atom stereocenters. The van der Waals surface area contributed by atoms with E-state index in [1.807, 2.05) is 31.2 Å². The minimum Gasteiger partial charge on any atom is -0.385 e. The molecule has 8 N–H and O–H groups in total. The van der Waals surface area contributed by atoms with Gasteiger partial charge in [-0.25, -0.2) is 9.18 Å². The lowest BCUT2D eigenvalue weighted by Crippen LogP contribution is -2.28. The van der Waals surface area contributed by atoms with Gasteiger partial charge in [-0.05, 0) is 94.0 Å². The van der Waals surface area contributed by atoms with Crippen molar-refractivity contribution >= 4 is 28.6 Å². The number of methoxy groups -OCH3 is 1. The molecule has 10 nitrogen and oxygen atoms in total. The molecule has 2 aromatic heterocycles. The van der Waals surface area contributed by atoms with Crippen LogP contribution >= 0.6 is 11.6 Å². The lowest BCUT2D eigenvalue weighted by Gasteiger charge is -2.17. The van der Waals surface area contributed by atoms with Crippen LogP contribution in [0.3, 0.4) is 0 Å². The van der Waals surface area contributed by atoms with E-state index in [0.717, 1.165) is 43.2 Å². The van der Waals surface area contributed by atoms with Crippen molar-refractivity contribution in [2.75, 3.05) is 20.3 Å². The highest BCUT2D eigenvalue weighted by atomic mass is 35.5. The number of H-pyrrole nitrogens is 1. The number of aromatic amines is 1. The predicted molar refractivity (Wildman–Crippen MR) is 176 cm³/mol. The van der Waals surface area contributed by atoms with Crippen molar-refractivity contribution in [2.45, 2.75) is 64.1 Å². The molecule has 0 aliphatic carbocycles. The number of fused-ring (bicyclic) bond motifs is 1. The molecule has 0 saturated heterocycles. The topological polar surface area (TPSA) is 162 Å². The predicted octanol–water partition coefficient (Wildman–Crippen LogP) is 4.56. The standard InChI is InChI=1S/C32H42ClFN8O2/c1-19(35)5-4-6-21-15-26(29(34)27(33)16-21)28-17-23-18-42(32(43)41-30(23)40-28)25-9-7-22(8-10-25)20(2)38-13-11-24(12-14-44-3)39-31(36)37/h7-10,15-20,24,38H,4-6,11-14,35H2,1-3H3,(H4,36,37,39)(H,40,41,43)/t19-,20-,24-/m0/s1. The average molecular weight is 625 g/mol. The molecule has 0 bridgehead atoms.